The molecular weight excluding hydrogens is 273 g/mol. The van der Waals surface area contributed by atoms with Crippen LogP contribution in [0.2, 0.25) is 0 Å². The molecule has 2 atom stereocenters. The van der Waals surface area contributed by atoms with Crippen LogP contribution in [0.1, 0.15) is 30.9 Å². The molecule has 3 rings (SSSR count). The SMILES string of the molecule is CCOC(=O)C1CNC2(CCc3cccc(F)c32)CC1=O. The van der Waals surface area contributed by atoms with Crippen molar-refractivity contribution in [1.29, 1.82) is 0 Å². The summed E-state index contributed by atoms with van der Waals surface area (Å²) in [6.45, 7) is 2.18. The van der Waals surface area contributed by atoms with Crippen molar-refractivity contribution in [3.63, 3.8) is 0 Å². The molecule has 1 heterocycles. The first-order valence-electron chi connectivity index (χ1n) is 7.29. The molecule has 1 aromatic rings. The van der Waals surface area contributed by atoms with Crippen LogP contribution in [0.15, 0.2) is 18.2 Å². The van der Waals surface area contributed by atoms with Gasteiger partial charge in [0.05, 0.1) is 12.1 Å². The maximum Gasteiger partial charge on any atom is 0.317 e. The summed E-state index contributed by atoms with van der Waals surface area (Å²) in [4.78, 5) is 24.1. The highest BCUT2D eigenvalue weighted by atomic mass is 19.1. The van der Waals surface area contributed by atoms with E-state index >= 15 is 0 Å². The Bertz CT molecular complexity index is 601. The topological polar surface area (TPSA) is 55.4 Å². The van der Waals surface area contributed by atoms with Crippen molar-refractivity contribution >= 4 is 11.8 Å². The molecule has 4 nitrogen and oxygen atoms in total. The standard InChI is InChI=1S/C16H18FNO3/c1-2-21-15(20)11-9-18-16(8-13(11)19)7-6-10-4-3-5-12(17)14(10)16/h3-5,11,18H,2,6-9H2,1H3. The molecule has 1 N–H and O–H groups in total. The molecule has 21 heavy (non-hydrogen) atoms. The van der Waals surface area contributed by atoms with Crippen LogP contribution < -0.4 is 5.32 Å². The summed E-state index contributed by atoms with van der Waals surface area (Å²) in [6.07, 6.45) is 1.58. The van der Waals surface area contributed by atoms with Gasteiger partial charge in [-0.15, -0.1) is 0 Å². The second-order valence-corrected chi connectivity index (χ2v) is 5.68. The van der Waals surface area contributed by atoms with Crippen LogP contribution in [0.25, 0.3) is 0 Å². The number of carbonyl (C=O) groups is 2. The molecule has 112 valence electrons. The number of fused-ring (bicyclic) bond motifs is 2. The molecule has 1 aliphatic heterocycles. The second-order valence-electron chi connectivity index (χ2n) is 5.68. The van der Waals surface area contributed by atoms with Crippen LogP contribution in [0.3, 0.4) is 0 Å². The number of benzene rings is 1. The molecule has 1 spiro atoms. The Morgan fingerprint density at radius 1 is 1.52 bits per heavy atom. The lowest BCUT2D eigenvalue weighted by Crippen LogP contribution is -2.54. The number of esters is 1. The van der Waals surface area contributed by atoms with Gasteiger partial charge in [0.1, 0.15) is 11.7 Å². The average Bonchev–Trinajstić information content (AvgIpc) is 2.79. The lowest BCUT2D eigenvalue weighted by Gasteiger charge is -2.37. The fourth-order valence-electron chi connectivity index (χ4n) is 3.49. The van der Waals surface area contributed by atoms with Crippen LogP contribution in [0.5, 0.6) is 0 Å². The van der Waals surface area contributed by atoms with Crippen molar-refractivity contribution < 1.29 is 18.7 Å². The molecule has 1 saturated heterocycles. The van der Waals surface area contributed by atoms with E-state index in [1.165, 1.54) is 6.07 Å². The number of nitrogens with one attached hydrogen (secondary N) is 1. The Morgan fingerprint density at radius 3 is 3.05 bits per heavy atom. The number of hydrogen-bond donors (Lipinski definition) is 1. The Balaban J connectivity index is 1.86. The lowest BCUT2D eigenvalue weighted by atomic mass is 9.79. The Hall–Kier alpha value is -1.75. The Labute approximate surface area is 122 Å². The number of hydrogen-bond acceptors (Lipinski definition) is 4. The molecule has 0 bridgehead atoms. The van der Waals surface area contributed by atoms with Gasteiger partial charge in [-0.3, -0.25) is 9.59 Å². The van der Waals surface area contributed by atoms with E-state index in [-0.39, 0.29) is 31.2 Å². The van der Waals surface area contributed by atoms with Gasteiger partial charge >= 0.3 is 5.97 Å². The van der Waals surface area contributed by atoms with Gasteiger partial charge in [-0.1, -0.05) is 12.1 Å². The highest BCUT2D eigenvalue weighted by Gasteiger charge is 2.48. The van der Waals surface area contributed by atoms with E-state index in [4.69, 9.17) is 4.74 Å². The number of ketones is 1. The fourth-order valence-corrected chi connectivity index (χ4v) is 3.49. The molecule has 1 fully saturated rings. The predicted octanol–water partition coefficient (Wildman–Crippen LogP) is 1.71. The van der Waals surface area contributed by atoms with Gasteiger partial charge in [-0.05, 0) is 31.4 Å². The highest BCUT2D eigenvalue weighted by Crippen LogP contribution is 2.43. The molecule has 0 radical (unpaired) electrons. The monoisotopic (exact) mass is 291 g/mol. The lowest BCUT2D eigenvalue weighted by molar-refractivity contribution is -0.153. The van der Waals surface area contributed by atoms with Gasteiger partial charge in [-0.25, -0.2) is 4.39 Å². The van der Waals surface area contributed by atoms with E-state index in [1.807, 2.05) is 6.07 Å². The molecule has 5 heteroatoms. The molecule has 1 aliphatic carbocycles. The minimum absolute atomic E-state index is 0.143. The minimum atomic E-state index is -0.772. The van der Waals surface area contributed by atoms with Crippen LogP contribution in [-0.4, -0.2) is 24.9 Å². The van der Waals surface area contributed by atoms with Gasteiger partial charge in [0.15, 0.2) is 5.78 Å². The Morgan fingerprint density at radius 2 is 2.33 bits per heavy atom. The number of ether oxygens (including phenoxy) is 1. The number of Topliss-reactive ketones (excluding diaryl/α,β-unsaturated/α-hetero) is 1. The summed E-state index contributed by atoms with van der Waals surface area (Å²) in [5.74, 6) is -1.70. The van der Waals surface area contributed by atoms with E-state index < -0.39 is 17.4 Å². The zero-order chi connectivity index (χ0) is 15.0. The third kappa shape index (κ3) is 2.25. The fraction of sp³-hybridized carbons (Fsp3) is 0.500. The van der Waals surface area contributed by atoms with E-state index in [0.717, 1.165) is 12.0 Å². The van der Waals surface area contributed by atoms with Crippen molar-refractivity contribution in [2.75, 3.05) is 13.2 Å². The molecular formula is C16H18FNO3. The van der Waals surface area contributed by atoms with Crippen LogP contribution in [0.4, 0.5) is 4.39 Å². The number of aryl methyl sites for hydroxylation is 1. The molecule has 2 unspecified atom stereocenters. The molecule has 1 aromatic carbocycles. The van der Waals surface area contributed by atoms with Crippen molar-refractivity contribution in [3.8, 4) is 0 Å². The van der Waals surface area contributed by atoms with Crippen molar-refractivity contribution in [2.24, 2.45) is 5.92 Å². The summed E-state index contributed by atoms with van der Waals surface area (Å²) in [5, 5.41) is 3.25. The quantitative estimate of drug-likeness (QED) is 0.666. The van der Waals surface area contributed by atoms with Gasteiger partial charge in [0.25, 0.3) is 0 Å². The van der Waals surface area contributed by atoms with E-state index in [2.05, 4.69) is 5.32 Å². The number of carbonyl (C=O) groups excluding carboxylic acids is 2. The second kappa shape index (κ2) is 5.22. The summed E-state index contributed by atoms with van der Waals surface area (Å²) in [5.41, 5.74) is 0.895. The van der Waals surface area contributed by atoms with Crippen LogP contribution >= 0.6 is 0 Å². The Kier molecular flexibility index (Phi) is 3.53. The zero-order valence-electron chi connectivity index (χ0n) is 11.9. The zero-order valence-corrected chi connectivity index (χ0v) is 11.9. The average molecular weight is 291 g/mol. The molecule has 2 aliphatic rings. The van der Waals surface area contributed by atoms with E-state index in [9.17, 15) is 14.0 Å². The van der Waals surface area contributed by atoms with Crippen molar-refractivity contribution in [1.82, 2.24) is 5.32 Å². The maximum absolute atomic E-state index is 14.2. The number of halogens is 1. The number of piperidine rings is 1. The van der Waals surface area contributed by atoms with Gasteiger partial charge in [0, 0.05) is 18.5 Å². The third-order valence-electron chi connectivity index (χ3n) is 4.48. The summed E-state index contributed by atoms with van der Waals surface area (Å²) in [7, 11) is 0. The van der Waals surface area contributed by atoms with Gasteiger partial charge in [-0.2, -0.15) is 0 Å². The molecule has 0 saturated carbocycles. The van der Waals surface area contributed by atoms with Gasteiger partial charge in [0.2, 0.25) is 0 Å². The van der Waals surface area contributed by atoms with Gasteiger partial charge < -0.3 is 10.1 Å². The smallest absolute Gasteiger partial charge is 0.317 e. The van der Waals surface area contributed by atoms with E-state index in [0.29, 0.717) is 12.0 Å². The van der Waals surface area contributed by atoms with Crippen molar-refractivity contribution in [2.45, 2.75) is 31.7 Å². The first kappa shape index (κ1) is 14.2. The third-order valence-corrected chi connectivity index (χ3v) is 4.48. The highest BCUT2D eigenvalue weighted by molar-refractivity contribution is 6.00. The molecule has 0 amide bonds. The first-order valence-corrected chi connectivity index (χ1v) is 7.29. The van der Waals surface area contributed by atoms with Crippen LogP contribution in [0, 0.1) is 11.7 Å². The summed E-state index contributed by atoms with van der Waals surface area (Å²) < 4.78 is 19.1. The predicted molar refractivity (Wildman–Crippen MR) is 74.1 cm³/mol. The van der Waals surface area contributed by atoms with Crippen molar-refractivity contribution in [3.05, 3.63) is 35.1 Å². The molecule has 0 aromatic heterocycles. The largest absolute Gasteiger partial charge is 0.465 e. The number of rotatable bonds is 2. The normalized spacial score (nSPS) is 27.7. The summed E-state index contributed by atoms with van der Waals surface area (Å²) >= 11 is 0. The van der Waals surface area contributed by atoms with Crippen LogP contribution in [-0.2, 0) is 26.3 Å². The van der Waals surface area contributed by atoms with E-state index in [1.54, 1.807) is 13.0 Å². The summed E-state index contributed by atoms with van der Waals surface area (Å²) in [6, 6.07) is 5.02. The first-order chi connectivity index (χ1) is 10.1. The maximum atomic E-state index is 14.2. The minimum Gasteiger partial charge on any atom is -0.465 e.